The van der Waals surface area contributed by atoms with Crippen molar-refractivity contribution >= 4 is 16.0 Å². The molecule has 126 valence electrons. The van der Waals surface area contributed by atoms with Crippen molar-refractivity contribution in [1.82, 2.24) is 5.32 Å². The van der Waals surface area contributed by atoms with Crippen LogP contribution in [0.1, 0.15) is 40.0 Å². The molecule has 0 aromatic carbocycles. The minimum atomic E-state index is -4.32. The zero-order chi connectivity index (χ0) is 17.0. The van der Waals surface area contributed by atoms with Gasteiger partial charge in [0, 0.05) is 6.04 Å². The SMILES string of the molecule is CCCCC(C)C(C)NC1C=CC=CC1(C(=O)O)S(N)(=O)=O. The van der Waals surface area contributed by atoms with Crippen LogP contribution in [0.4, 0.5) is 0 Å². The fourth-order valence-electron chi connectivity index (χ4n) is 2.62. The molecule has 0 saturated carbocycles. The van der Waals surface area contributed by atoms with Gasteiger partial charge in [0.2, 0.25) is 14.8 Å². The van der Waals surface area contributed by atoms with Gasteiger partial charge in [-0.3, -0.25) is 4.79 Å². The number of hydrogen-bond acceptors (Lipinski definition) is 4. The van der Waals surface area contributed by atoms with E-state index in [2.05, 4.69) is 19.2 Å². The van der Waals surface area contributed by atoms with Gasteiger partial charge in [-0.1, -0.05) is 44.9 Å². The molecule has 0 fully saturated rings. The van der Waals surface area contributed by atoms with Crippen LogP contribution in [-0.4, -0.2) is 36.3 Å². The first-order valence-corrected chi connectivity index (χ1v) is 9.09. The summed E-state index contributed by atoms with van der Waals surface area (Å²) in [6, 6.07) is -0.933. The van der Waals surface area contributed by atoms with Crippen molar-refractivity contribution in [2.45, 2.75) is 56.9 Å². The van der Waals surface area contributed by atoms with Crippen LogP contribution in [0.3, 0.4) is 0 Å². The third-order valence-corrected chi connectivity index (χ3v) is 5.84. The molecule has 1 rings (SSSR count). The molecule has 1 aliphatic rings. The Morgan fingerprint density at radius 3 is 2.55 bits per heavy atom. The summed E-state index contributed by atoms with van der Waals surface area (Å²) < 4.78 is 21.7. The molecule has 0 saturated heterocycles. The van der Waals surface area contributed by atoms with Gasteiger partial charge in [0.25, 0.3) is 0 Å². The molecular formula is C15H26N2O4S. The average Bonchev–Trinajstić information content (AvgIpc) is 2.43. The van der Waals surface area contributed by atoms with E-state index >= 15 is 0 Å². The summed E-state index contributed by atoms with van der Waals surface area (Å²) in [5, 5.41) is 17.9. The van der Waals surface area contributed by atoms with E-state index in [0.29, 0.717) is 5.92 Å². The molecule has 0 heterocycles. The number of allylic oxidation sites excluding steroid dienone is 2. The maximum atomic E-state index is 12.0. The minimum Gasteiger partial charge on any atom is -0.480 e. The van der Waals surface area contributed by atoms with Crippen molar-refractivity contribution in [3.05, 3.63) is 24.3 Å². The Morgan fingerprint density at radius 1 is 1.41 bits per heavy atom. The topological polar surface area (TPSA) is 109 Å². The molecule has 0 spiro atoms. The van der Waals surface area contributed by atoms with E-state index in [1.165, 1.54) is 6.08 Å². The van der Waals surface area contributed by atoms with Crippen LogP contribution in [0.25, 0.3) is 0 Å². The number of rotatable bonds is 8. The normalized spacial score (nSPS) is 27.5. The lowest BCUT2D eigenvalue weighted by Crippen LogP contribution is -2.63. The number of unbranched alkanes of at least 4 members (excludes halogenated alkanes) is 1. The first-order valence-electron chi connectivity index (χ1n) is 7.54. The molecule has 4 atom stereocenters. The van der Waals surface area contributed by atoms with E-state index in [1.807, 2.05) is 6.92 Å². The van der Waals surface area contributed by atoms with Gasteiger partial charge in [-0.05, 0) is 25.3 Å². The summed E-state index contributed by atoms with van der Waals surface area (Å²) >= 11 is 0. The average molecular weight is 330 g/mol. The van der Waals surface area contributed by atoms with Crippen LogP contribution in [0.5, 0.6) is 0 Å². The maximum Gasteiger partial charge on any atom is 0.332 e. The van der Waals surface area contributed by atoms with Gasteiger partial charge in [0.1, 0.15) is 0 Å². The van der Waals surface area contributed by atoms with E-state index in [9.17, 15) is 18.3 Å². The van der Waals surface area contributed by atoms with E-state index < -0.39 is 26.8 Å². The van der Waals surface area contributed by atoms with Crippen molar-refractivity contribution in [2.24, 2.45) is 11.1 Å². The lowest BCUT2D eigenvalue weighted by atomic mass is 9.90. The Labute approximate surface area is 132 Å². The lowest BCUT2D eigenvalue weighted by Gasteiger charge is -2.36. The molecule has 6 nitrogen and oxygen atoms in total. The van der Waals surface area contributed by atoms with E-state index in [1.54, 1.807) is 12.2 Å². The molecular weight excluding hydrogens is 304 g/mol. The van der Waals surface area contributed by atoms with Gasteiger partial charge in [-0.2, -0.15) is 0 Å². The minimum absolute atomic E-state index is 0.0341. The third-order valence-electron chi connectivity index (χ3n) is 4.33. The van der Waals surface area contributed by atoms with Gasteiger partial charge < -0.3 is 10.4 Å². The lowest BCUT2D eigenvalue weighted by molar-refractivity contribution is -0.139. The second kappa shape index (κ2) is 7.39. The standard InChI is InChI=1S/C15H26N2O4S/c1-4-5-8-11(2)12(3)17-13-9-6-7-10-15(13,14(18)19)22(16,20)21/h6-7,9-13,17H,4-5,8H2,1-3H3,(H,18,19)(H2,16,20,21). The summed E-state index contributed by atoms with van der Waals surface area (Å²) in [5.74, 6) is -1.17. The number of nitrogens with one attached hydrogen (secondary N) is 1. The van der Waals surface area contributed by atoms with Gasteiger partial charge in [-0.25, -0.2) is 13.6 Å². The molecule has 4 N–H and O–H groups in total. The van der Waals surface area contributed by atoms with E-state index in [0.717, 1.165) is 25.3 Å². The molecule has 0 aliphatic heterocycles. The highest BCUT2D eigenvalue weighted by molar-refractivity contribution is 7.91. The van der Waals surface area contributed by atoms with Crippen molar-refractivity contribution in [3.63, 3.8) is 0 Å². The molecule has 1 aliphatic carbocycles. The van der Waals surface area contributed by atoms with Crippen LogP contribution in [-0.2, 0) is 14.8 Å². The molecule has 0 bridgehead atoms. The highest BCUT2D eigenvalue weighted by Gasteiger charge is 2.54. The second-order valence-corrected chi connectivity index (χ2v) is 7.71. The predicted molar refractivity (Wildman–Crippen MR) is 86.8 cm³/mol. The third kappa shape index (κ3) is 3.77. The Hall–Kier alpha value is -1.18. The number of carbonyl (C=O) groups is 1. The zero-order valence-electron chi connectivity index (χ0n) is 13.3. The van der Waals surface area contributed by atoms with Gasteiger partial charge in [-0.15, -0.1) is 0 Å². The summed E-state index contributed by atoms with van der Waals surface area (Å²) in [6.45, 7) is 6.10. The molecule has 0 aromatic heterocycles. The molecule has 22 heavy (non-hydrogen) atoms. The predicted octanol–water partition coefficient (Wildman–Crippen LogP) is 1.40. The van der Waals surface area contributed by atoms with Crippen molar-refractivity contribution in [2.75, 3.05) is 0 Å². The van der Waals surface area contributed by atoms with E-state index in [-0.39, 0.29) is 6.04 Å². The van der Waals surface area contributed by atoms with Gasteiger partial charge >= 0.3 is 5.97 Å². The highest BCUT2D eigenvalue weighted by atomic mass is 32.2. The smallest absolute Gasteiger partial charge is 0.332 e. The van der Waals surface area contributed by atoms with Crippen LogP contribution in [0.15, 0.2) is 24.3 Å². The number of aliphatic carboxylic acids is 1. The Morgan fingerprint density at radius 2 is 2.05 bits per heavy atom. The van der Waals surface area contributed by atoms with Crippen molar-refractivity contribution in [1.29, 1.82) is 0 Å². The fraction of sp³-hybridized carbons (Fsp3) is 0.667. The van der Waals surface area contributed by atoms with Gasteiger partial charge in [0.05, 0.1) is 6.04 Å². The van der Waals surface area contributed by atoms with Crippen LogP contribution in [0.2, 0.25) is 0 Å². The number of nitrogens with two attached hydrogens (primary N) is 1. The summed E-state index contributed by atoms with van der Waals surface area (Å²) in [7, 11) is -4.32. The van der Waals surface area contributed by atoms with Gasteiger partial charge in [0.15, 0.2) is 0 Å². The summed E-state index contributed by atoms with van der Waals surface area (Å²) in [6.07, 6.45) is 8.88. The first kappa shape index (κ1) is 18.9. The first-order chi connectivity index (χ1) is 10.2. The number of hydrogen-bond donors (Lipinski definition) is 3. The number of primary sulfonamides is 1. The molecule has 7 heteroatoms. The highest BCUT2D eigenvalue weighted by Crippen LogP contribution is 2.28. The quantitative estimate of drug-likeness (QED) is 0.623. The Kier molecular flexibility index (Phi) is 6.34. The number of sulfonamides is 1. The number of carboxylic acid groups (broad SMARTS) is 1. The maximum absolute atomic E-state index is 12.0. The summed E-state index contributed by atoms with van der Waals surface area (Å²) in [4.78, 5) is 11.7. The van der Waals surface area contributed by atoms with Crippen molar-refractivity contribution in [3.8, 4) is 0 Å². The number of carboxylic acids is 1. The molecule has 0 aromatic rings. The van der Waals surface area contributed by atoms with Crippen LogP contribution < -0.4 is 10.5 Å². The Bertz CT molecular complexity index is 556. The monoisotopic (exact) mass is 330 g/mol. The Balaban J connectivity index is 3.03. The fourth-order valence-corrected chi connectivity index (χ4v) is 3.63. The summed E-state index contributed by atoms with van der Waals surface area (Å²) in [5.41, 5.74) is 0. The van der Waals surface area contributed by atoms with Crippen LogP contribution >= 0.6 is 0 Å². The zero-order valence-corrected chi connectivity index (χ0v) is 14.1. The molecule has 0 radical (unpaired) electrons. The molecule has 4 unspecified atom stereocenters. The van der Waals surface area contributed by atoms with Crippen molar-refractivity contribution < 1.29 is 18.3 Å². The second-order valence-electron chi connectivity index (χ2n) is 5.94. The largest absolute Gasteiger partial charge is 0.480 e. The molecule has 0 amide bonds. The van der Waals surface area contributed by atoms with Crippen LogP contribution in [0, 0.1) is 5.92 Å². The van der Waals surface area contributed by atoms with E-state index in [4.69, 9.17) is 5.14 Å².